The van der Waals surface area contributed by atoms with Crippen molar-refractivity contribution in [3.05, 3.63) is 33.9 Å². The van der Waals surface area contributed by atoms with E-state index in [1.165, 1.54) is 23.4 Å². The molecule has 0 aliphatic heterocycles. The summed E-state index contributed by atoms with van der Waals surface area (Å²) >= 11 is 0. The van der Waals surface area contributed by atoms with Crippen molar-refractivity contribution >= 4 is 11.6 Å². The quantitative estimate of drug-likeness (QED) is 0.827. The van der Waals surface area contributed by atoms with Crippen LogP contribution in [0.2, 0.25) is 0 Å². The molecule has 21 heavy (non-hydrogen) atoms. The summed E-state index contributed by atoms with van der Waals surface area (Å²) in [4.78, 5) is 28.6. The summed E-state index contributed by atoms with van der Waals surface area (Å²) in [6, 6.07) is 1.67. The fourth-order valence-electron chi connectivity index (χ4n) is 2.95. The molecule has 2 N–H and O–H groups in total. The van der Waals surface area contributed by atoms with E-state index in [2.05, 4.69) is 15.4 Å². The van der Waals surface area contributed by atoms with Gasteiger partial charge in [-0.2, -0.15) is 0 Å². The monoisotopic (exact) mass is 288 g/mol. The Bertz CT molecular complexity index is 708. The fraction of sp³-hybridized carbons (Fsp3) is 0.533. The van der Waals surface area contributed by atoms with E-state index >= 15 is 0 Å². The predicted molar refractivity (Wildman–Crippen MR) is 79.5 cm³/mol. The van der Waals surface area contributed by atoms with Crippen molar-refractivity contribution in [2.75, 3.05) is 0 Å². The Balaban J connectivity index is 1.86. The molecule has 6 nitrogen and oxygen atoms in total. The van der Waals surface area contributed by atoms with Crippen molar-refractivity contribution in [1.82, 2.24) is 19.9 Å². The van der Waals surface area contributed by atoms with Crippen LogP contribution >= 0.6 is 0 Å². The highest BCUT2D eigenvalue weighted by Gasteiger charge is 2.19. The highest BCUT2D eigenvalue weighted by molar-refractivity contribution is 5.99. The zero-order valence-electron chi connectivity index (χ0n) is 12.2. The predicted octanol–water partition coefficient (Wildman–Crippen LogP) is 1.78. The van der Waals surface area contributed by atoms with E-state index in [1.807, 2.05) is 0 Å². The highest BCUT2D eigenvalue weighted by Crippen LogP contribution is 2.18. The van der Waals surface area contributed by atoms with Gasteiger partial charge in [0.1, 0.15) is 5.56 Å². The lowest BCUT2D eigenvalue weighted by atomic mass is 10.1. The lowest BCUT2D eigenvalue weighted by Crippen LogP contribution is -2.34. The average Bonchev–Trinajstić information content (AvgIpc) is 2.69. The molecule has 1 aliphatic rings. The number of aromatic nitrogens is 3. The number of hydrogen-bond acceptors (Lipinski definition) is 3. The number of amides is 1. The van der Waals surface area contributed by atoms with Gasteiger partial charge in [0.25, 0.3) is 11.5 Å². The molecule has 0 atom stereocenters. The molecule has 1 amide bonds. The maximum Gasteiger partial charge on any atom is 0.272 e. The van der Waals surface area contributed by atoms with Crippen molar-refractivity contribution in [2.24, 2.45) is 0 Å². The topological polar surface area (TPSA) is 79.3 Å². The molecule has 0 aromatic carbocycles. The summed E-state index contributed by atoms with van der Waals surface area (Å²) in [7, 11) is 0. The van der Waals surface area contributed by atoms with Crippen molar-refractivity contribution in [3.63, 3.8) is 0 Å². The number of aryl methyl sites for hydroxylation is 1. The molecule has 112 valence electrons. The first kappa shape index (κ1) is 13.9. The number of carbonyl (C=O) groups excluding carboxylic acids is 1. The number of nitrogens with zero attached hydrogens (tertiary/aromatic N) is 2. The summed E-state index contributed by atoms with van der Waals surface area (Å²) in [5.74, 6) is -0.154. The normalized spacial score (nSPS) is 16.8. The Morgan fingerprint density at radius 2 is 2.05 bits per heavy atom. The number of fused-ring (bicyclic) bond motifs is 1. The second-order valence-electron chi connectivity index (χ2n) is 5.74. The van der Waals surface area contributed by atoms with Crippen molar-refractivity contribution in [3.8, 4) is 0 Å². The van der Waals surface area contributed by atoms with Crippen LogP contribution in [0.4, 0.5) is 0 Å². The van der Waals surface area contributed by atoms with Crippen LogP contribution in [0.3, 0.4) is 0 Å². The third kappa shape index (κ3) is 2.84. The lowest BCUT2D eigenvalue weighted by molar-refractivity contribution is 0.0935. The molecule has 1 fully saturated rings. The molecule has 0 unspecified atom stereocenters. The first-order valence-corrected chi connectivity index (χ1v) is 7.54. The number of aromatic amines is 1. The number of H-pyrrole nitrogens is 1. The van der Waals surface area contributed by atoms with Gasteiger partial charge >= 0.3 is 0 Å². The number of nitrogens with one attached hydrogen (secondary N) is 2. The molecule has 6 heteroatoms. The molecule has 1 saturated carbocycles. The van der Waals surface area contributed by atoms with Crippen molar-refractivity contribution in [2.45, 2.75) is 51.5 Å². The molecular formula is C15H20N4O2. The van der Waals surface area contributed by atoms with Gasteiger partial charge in [-0.1, -0.05) is 25.7 Å². The van der Waals surface area contributed by atoms with Crippen molar-refractivity contribution < 1.29 is 4.79 Å². The van der Waals surface area contributed by atoms with Crippen LogP contribution in [0.15, 0.2) is 17.1 Å². The third-order valence-electron chi connectivity index (χ3n) is 4.06. The number of rotatable bonds is 2. The molecule has 3 rings (SSSR count). The molecule has 2 heterocycles. The lowest BCUT2D eigenvalue weighted by Gasteiger charge is -2.15. The van der Waals surface area contributed by atoms with Crippen LogP contribution in [0, 0.1) is 6.92 Å². The molecule has 0 radical (unpaired) electrons. The largest absolute Gasteiger partial charge is 0.349 e. The Morgan fingerprint density at radius 1 is 1.33 bits per heavy atom. The van der Waals surface area contributed by atoms with Gasteiger partial charge in [-0.05, 0) is 19.8 Å². The first-order valence-electron chi connectivity index (χ1n) is 7.54. The Morgan fingerprint density at radius 3 is 2.76 bits per heavy atom. The Labute approximate surface area is 122 Å². The molecule has 0 spiro atoms. The SMILES string of the molecule is Cc1cc(=O)n2[nH]cc(C(=O)NC3CCCCCC3)c2n1. The summed E-state index contributed by atoms with van der Waals surface area (Å²) in [5, 5.41) is 5.87. The molecule has 2 aromatic rings. The van der Waals surface area contributed by atoms with E-state index in [-0.39, 0.29) is 17.5 Å². The van der Waals surface area contributed by atoms with E-state index in [0.29, 0.717) is 16.9 Å². The van der Waals surface area contributed by atoms with Gasteiger partial charge < -0.3 is 5.32 Å². The zero-order valence-corrected chi connectivity index (χ0v) is 12.2. The van der Waals surface area contributed by atoms with Crippen LogP contribution in [0.1, 0.15) is 54.6 Å². The van der Waals surface area contributed by atoms with E-state index in [1.54, 1.807) is 13.1 Å². The second kappa shape index (κ2) is 5.71. The Hall–Kier alpha value is -2.11. The molecular weight excluding hydrogens is 268 g/mol. The van der Waals surface area contributed by atoms with Crippen molar-refractivity contribution in [1.29, 1.82) is 0 Å². The van der Waals surface area contributed by atoms with E-state index in [4.69, 9.17) is 0 Å². The summed E-state index contributed by atoms with van der Waals surface area (Å²) in [6.07, 6.45) is 8.42. The summed E-state index contributed by atoms with van der Waals surface area (Å²) < 4.78 is 1.30. The van der Waals surface area contributed by atoms with Gasteiger partial charge in [0.05, 0.1) is 0 Å². The van der Waals surface area contributed by atoms with Crippen LogP contribution in [-0.2, 0) is 0 Å². The minimum Gasteiger partial charge on any atom is -0.349 e. The van der Waals surface area contributed by atoms with Crippen LogP contribution in [0.25, 0.3) is 5.65 Å². The van der Waals surface area contributed by atoms with E-state index < -0.39 is 0 Å². The zero-order chi connectivity index (χ0) is 14.8. The average molecular weight is 288 g/mol. The van der Waals surface area contributed by atoms with Crippen LogP contribution in [0.5, 0.6) is 0 Å². The van der Waals surface area contributed by atoms with E-state index in [9.17, 15) is 9.59 Å². The van der Waals surface area contributed by atoms with Gasteiger partial charge in [-0.15, -0.1) is 0 Å². The smallest absolute Gasteiger partial charge is 0.272 e. The standard InChI is InChI=1S/C15H20N4O2/c1-10-8-13(20)19-14(17-10)12(9-16-19)15(21)18-11-6-4-2-3-5-7-11/h8-9,11,16H,2-7H2,1H3,(H,18,21). The number of hydrogen-bond donors (Lipinski definition) is 2. The Kier molecular flexibility index (Phi) is 3.77. The second-order valence-corrected chi connectivity index (χ2v) is 5.74. The summed E-state index contributed by atoms with van der Waals surface area (Å²) in [5.41, 5.74) is 1.24. The minimum absolute atomic E-state index is 0.154. The fourth-order valence-corrected chi connectivity index (χ4v) is 2.95. The highest BCUT2D eigenvalue weighted by atomic mass is 16.2. The summed E-state index contributed by atoms with van der Waals surface area (Å²) in [6.45, 7) is 1.75. The van der Waals surface area contributed by atoms with Gasteiger partial charge in [0, 0.05) is 24.0 Å². The molecule has 0 bridgehead atoms. The third-order valence-corrected chi connectivity index (χ3v) is 4.06. The minimum atomic E-state index is -0.203. The maximum atomic E-state index is 12.4. The van der Waals surface area contributed by atoms with Gasteiger partial charge in [0.15, 0.2) is 5.65 Å². The van der Waals surface area contributed by atoms with Crippen LogP contribution in [-0.4, -0.2) is 26.5 Å². The maximum absolute atomic E-state index is 12.4. The molecule has 0 saturated heterocycles. The molecule has 2 aromatic heterocycles. The van der Waals surface area contributed by atoms with Crippen LogP contribution < -0.4 is 10.9 Å². The first-order chi connectivity index (χ1) is 10.1. The molecule has 1 aliphatic carbocycles. The van der Waals surface area contributed by atoms with Gasteiger partial charge in [-0.25, -0.2) is 9.50 Å². The number of carbonyl (C=O) groups is 1. The van der Waals surface area contributed by atoms with Gasteiger partial charge in [0.2, 0.25) is 0 Å². The van der Waals surface area contributed by atoms with Gasteiger partial charge in [-0.3, -0.25) is 14.7 Å². The van der Waals surface area contributed by atoms with E-state index in [0.717, 1.165) is 25.7 Å².